The highest BCUT2D eigenvalue weighted by Gasteiger charge is 2.25. The van der Waals surface area contributed by atoms with Crippen LogP contribution < -0.4 is 4.74 Å². The second-order valence-corrected chi connectivity index (χ2v) is 7.06. The average molecular weight is 368 g/mol. The maximum atomic E-state index is 9.39. The number of fused-ring (bicyclic) bond motifs is 3. The van der Waals surface area contributed by atoms with Gasteiger partial charge in [-0.1, -0.05) is 54.6 Å². The van der Waals surface area contributed by atoms with Crippen molar-refractivity contribution < 1.29 is 9.84 Å². The molecule has 1 aliphatic carbocycles. The van der Waals surface area contributed by atoms with Crippen LogP contribution in [-0.2, 0) is 13.0 Å². The lowest BCUT2D eigenvalue weighted by molar-refractivity contribution is 0.282. The fraction of sp³-hybridized carbons (Fsp3) is 0.125. The van der Waals surface area contributed by atoms with E-state index < -0.39 is 0 Å². The van der Waals surface area contributed by atoms with Crippen LogP contribution in [0.2, 0.25) is 0 Å². The molecule has 2 N–H and O–H groups in total. The number of H-pyrrole nitrogens is 1. The number of nitrogens with one attached hydrogen (secondary N) is 1. The first-order valence-corrected chi connectivity index (χ1v) is 9.32. The average Bonchev–Trinajstić information content (AvgIpc) is 3.32. The van der Waals surface area contributed by atoms with Gasteiger partial charge in [-0.3, -0.25) is 5.10 Å². The highest BCUT2D eigenvalue weighted by molar-refractivity contribution is 5.82. The van der Waals surface area contributed by atoms with Crippen molar-refractivity contribution in [1.82, 2.24) is 10.2 Å². The Morgan fingerprint density at radius 3 is 2.57 bits per heavy atom. The first kappa shape index (κ1) is 16.8. The van der Waals surface area contributed by atoms with Crippen LogP contribution in [0.5, 0.6) is 5.75 Å². The van der Waals surface area contributed by atoms with Crippen molar-refractivity contribution >= 4 is 0 Å². The van der Waals surface area contributed by atoms with Crippen LogP contribution in [0.1, 0.15) is 16.7 Å². The third kappa shape index (κ3) is 2.70. The van der Waals surface area contributed by atoms with E-state index in [1.165, 1.54) is 16.7 Å². The zero-order valence-electron chi connectivity index (χ0n) is 15.6. The maximum Gasteiger partial charge on any atom is 0.119 e. The van der Waals surface area contributed by atoms with Crippen LogP contribution in [0.25, 0.3) is 33.6 Å². The molecule has 1 heterocycles. The molecule has 28 heavy (non-hydrogen) atoms. The van der Waals surface area contributed by atoms with Crippen LogP contribution in [0.4, 0.5) is 0 Å². The number of aromatic amines is 1. The quantitative estimate of drug-likeness (QED) is 0.478. The maximum absolute atomic E-state index is 9.39. The molecule has 0 saturated carbocycles. The minimum absolute atomic E-state index is 0.0675. The summed E-state index contributed by atoms with van der Waals surface area (Å²) >= 11 is 0. The molecule has 0 radical (unpaired) electrons. The van der Waals surface area contributed by atoms with Crippen molar-refractivity contribution in [1.29, 1.82) is 0 Å². The third-order valence-corrected chi connectivity index (χ3v) is 5.42. The fourth-order valence-electron chi connectivity index (χ4n) is 3.95. The number of methoxy groups -OCH3 is 1. The standard InChI is InChI=1S/C24H20N2O2/c1-28-20-4-2-3-18(12-20)16-6-8-17(9-7-16)23-22-13-19-11-15(14-27)5-10-21(19)24(22)26-25-23/h2-12,27H,13-14H2,1H3,(H,25,26). The Hall–Kier alpha value is -3.37. The first-order chi connectivity index (χ1) is 13.8. The summed E-state index contributed by atoms with van der Waals surface area (Å²) in [5.41, 5.74) is 10.0. The Morgan fingerprint density at radius 2 is 1.79 bits per heavy atom. The molecular formula is C24H20N2O2. The van der Waals surface area contributed by atoms with E-state index in [1.807, 2.05) is 24.3 Å². The molecule has 1 aliphatic rings. The summed E-state index contributed by atoms with van der Waals surface area (Å²) in [4.78, 5) is 0. The van der Waals surface area contributed by atoms with Crippen molar-refractivity contribution in [2.24, 2.45) is 0 Å². The summed E-state index contributed by atoms with van der Waals surface area (Å²) in [5.74, 6) is 0.853. The van der Waals surface area contributed by atoms with E-state index in [0.29, 0.717) is 0 Å². The molecule has 0 spiro atoms. The van der Waals surface area contributed by atoms with Crippen molar-refractivity contribution in [3.63, 3.8) is 0 Å². The van der Waals surface area contributed by atoms with Gasteiger partial charge in [-0.05, 0) is 34.4 Å². The van der Waals surface area contributed by atoms with Crippen molar-refractivity contribution in [3.8, 4) is 39.4 Å². The summed E-state index contributed by atoms with van der Waals surface area (Å²) in [6.07, 6.45) is 0.835. The molecule has 1 aromatic heterocycles. The van der Waals surface area contributed by atoms with Gasteiger partial charge in [0.05, 0.1) is 25.1 Å². The highest BCUT2D eigenvalue weighted by Crippen LogP contribution is 2.40. The zero-order chi connectivity index (χ0) is 19.1. The number of benzene rings is 3. The van der Waals surface area contributed by atoms with Crippen LogP contribution in [-0.4, -0.2) is 22.4 Å². The fourth-order valence-corrected chi connectivity index (χ4v) is 3.95. The number of hydrogen-bond donors (Lipinski definition) is 2. The van der Waals surface area contributed by atoms with Crippen LogP contribution >= 0.6 is 0 Å². The minimum Gasteiger partial charge on any atom is -0.497 e. The second kappa shape index (κ2) is 6.66. The smallest absolute Gasteiger partial charge is 0.119 e. The van der Waals surface area contributed by atoms with Gasteiger partial charge in [0.2, 0.25) is 0 Å². The molecule has 0 fully saturated rings. The Bertz CT molecular complexity index is 1160. The summed E-state index contributed by atoms with van der Waals surface area (Å²) in [7, 11) is 1.68. The van der Waals surface area contributed by atoms with Gasteiger partial charge in [0.1, 0.15) is 5.75 Å². The van der Waals surface area contributed by atoms with Gasteiger partial charge in [-0.15, -0.1) is 0 Å². The van der Waals surface area contributed by atoms with E-state index in [9.17, 15) is 5.11 Å². The Morgan fingerprint density at radius 1 is 0.964 bits per heavy atom. The summed E-state index contributed by atoms with van der Waals surface area (Å²) < 4.78 is 5.33. The molecule has 3 aromatic carbocycles. The summed E-state index contributed by atoms with van der Waals surface area (Å²) in [6.45, 7) is 0.0675. The number of rotatable bonds is 4. The summed E-state index contributed by atoms with van der Waals surface area (Å²) in [6, 6.07) is 22.7. The molecule has 4 aromatic rings. The number of nitrogens with zero attached hydrogens (tertiary/aromatic N) is 1. The van der Waals surface area contributed by atoms with Gasteiger partial charge < -0.3 is 9.84 Å². The van der Waals surface area contributed by atoms with Gasteiger partial charge in [-0.25, -0.2) is 0 Å². The molecule has 0 saturated heterocycles. The molecular weight excluding hydrogens is 348 g/mol. The number of aliphatic hydroxyl groups is 1. The Kier molecular flexibility index (Phi) is 3.99. The lowest BCUT2D eigenvalue weighted by Gasteiger charge is -2.06. The second-order valence-electron chi connectivity index (χ2n) is 7.06. The molecule has 0 atom stereocenters. The predicted octanol–water partition coefficient (Wildman–Crippen LogP) is 4.82. The normalized spacial score (nSPS) is 11.9. The molecule has 0 amide bonds. The number of hydrogen-bond acceptors (Lipinski definition) is 3. The first-order valence-electron chi connectivity index (χ1n) is 9.32. The van der Waals surface area contributed by atoms with E-state index in [0.717, 1.165) is 45.8 Å². The monoisotopic (exact) mass is 368 g/mol. The predicted molar refractivity (Wildman–Crippen MR) is 110 cm³/mol. The van der Waals surface area contributed by atoms with Gasteiger partial charge in [0, 0.05) is 23.1 Å². The summed E-state index contributed by atoms with van der Waals surface area (Å²) in [5, 5.41) is 17.2. The lowest BCUT2D eigenvalue weighted by atomic mass is 10.0. The molecule has 5 rings (SSSR count). The third-order valence-electron chi connectivity index (χ3n) is 5.42. The molecule has 4 heteroatoms. The van der Waals surface area contributed by atoms with E-state index in [2.05, 4.69) is 52.7 Å². The van der Waals surface area contributed by atoms with Crippen molar-refractivity contribution in [2.45, 2.75) is 13.0 Å². The minimum atomic E-state index is 0.0675. The Labute approximate surface area is 163 Å². The number of aliphatic hydroxyl groups excluding tert-OH is 1. The van der Waals surface area contributed by atoms with Crippen molar-refractivity contribution in [3.05, 3.63) is 83.4 Å². The number of aromatic nitrogens is 2. The molecule has 138 valence electrons. The SMILES string of the molecule is COc1cccc(-c2ccc(-c3n[nH]c4c3Cc3cc(CO)ccc3-4)cc2)c1. The molecule has 0 aliphatic heterocycles. The zero-order valence-corrected chi connectivity index (χ0v) is 15.6. The van der Waals surface area contributed by atoms with Crippen molar-refractivity contribution in [2.75, 3.05) is 7.11 Å². The van der Waals surface area contributed by atoms with Gasteiger partial charge >= 0.3 is 0 Å². The lowest BCUT2D eigenvalue weighted by Crippen LogP contribution is -1.90. The highest BCUT2D eigenvalue weighted by atomic mass is 16.5. The van der Waals surface area contributed by atoms with Gasteiger partial charge in [0.25, 0.3) is 0 Å². The topological polar surface area (TPSA) is 58.1 Å². The molecule has 0 unspecified atom stereocenters. The van der Waals surface area contributed by atoms with Crippen LogP contribution in [0.15, 0.2) is 66.7 Å². The Balaban J connectivity index is 1.48. The van der Waals surface area contributed by atoms with Gasteiger partial charge in [-0.2, -0.15) is 5.10 Å². The van der Waals surface area contributed by atoms with E-state index in [-0.39, 0.29) is 6.61 Å². The van der Waals surface area contributed by atoms with Gasteiger partial charge in [0.15, 0.2) is 0 Å². The van der Waals surface area contributed by atoms with Crippen LogP contribution in [0, 0.1) is 0 Å². The van der Waals surface area contributed by atoms with E-state index >= 15 is 0 Å². The van der Waals surface area contributed by atoms with Crippen LogP contribution in [0.3, 0.4) is 0 Å². The number of ether oxygens (including phenoxy) is 1. The largest absolute Gasteiger partial charge is 0.497 e. The molecule has 0 bridgehead atoms. The van der Waals surface area contributed by atoms with E-state index in [4.69, 9.17) is 4.74 Å². The van der Waals surface area contributed by atoms with E-state index in [1.54, 1.807) is 7.11 Å². The molecule has 4 nitrogen and oxygen atoms in total.